The molecule has 3 heterocycles. The van der Waals surface area contributed by atoms with Gasteiger partial charge >= 0.3 is 0 Å². The van der Waals surface area contributed by atoms with E-state index in [2.05, 4.69) is 89.4 Å². The number of nitrogens with zero attached hydrogens (tertiary/aromatic N) is 2. The highest BCUT2D eigenvalue weighted by atomic mass is 127. The molecule has 0 saturated carbocycles. The molecule has 0 aliphatic heterocycles. The maximum absolute atomic E-state index is 4.89. The Kier molecular flexibility index (Phi) is 2.75. The maximum Gasteiger partial charge on any atom is 0.0823 e. The van der Waals surface area contributed by atoms with E-state index in [0.717, 1.165) is 5.52 Å². The molecular formula is C23H15IN2. The summed E-state index contributed by atoms with van der Waals surface area (Å²) in [6.07, 6.45) is 2.00. The van der Waals surface area contributed by atoms with Crippen LogP contribution in [-0.4, -0.2) is 9.38 Å². The van der Waals surface area contributed by atoms with Crippen molar-refractivity contribution >= 4 is 71.6 Å². The SMILES string of the molecule is Cc1cc(C)c2c(c1)c1ncc(I)c3ccc4c5ccccc5n2c4c31. The zero-order valence-electron chi connectivity index (χ0n) is 14.5. The first-order chi connectivity index (χ1) is 12.6. The van der Waals surface area contributed by atoms with Crippen LogP contribution in [0, 0.1) is 17.4 Å². The van der Waals surface area contributed by atoms with E-state index in [-0.39, 0.29) is 0 Å². The number of hydrogen-bond donors (Lipinski definition) is 0. The van der Waals surface area contributed by atoms with E-state index in [4.69, 9.17) is 4.98 Å². The van der Waals surface area contributed by atoms with Crippen molar-refractivity contribution in [2.24, 2.45) is 0 Å². The molecule has 6 aromatic rings. The third-order valence-electron chi connectivity index (χ3n) is 5.56. The van der Waals surface area contributed by atoms with Crippen LogP contribution in [0.25, 0.3) is 49.0 Å². The Bertz CT molecular complexity index is 1510. The highest BCUT2D eigenvalue weighted by Crippen LogP contribution is 2.42. The molecule has 3 aromatic heterocycles. The van der Waals surface area contributed by atoms with Gasteiger partial charge in [-0.25, -0.2) is 0 Å². The quantitative estimate of drug-likeness (QED) is 0.146. The summed E-state index contributed by atoms with van der Waals surface area (Å²) in [4.78, 5) is 4.89. The van der Waals surface area contributed by atoms with Crippen LogP contribution in [0.4, 0.5) is 0 Å². The number of para-hydroxylation sites is 1. The van der Waals surface area contributed by atoms with Crippen LogP contribution >= 0.6 is 22.6 Å². The van der Waals surface area contributed by atoms with Crippen molar-refractivity contribution in [1.82, 2.24) is 9.38 Å². The van der Waals surface area contributed by atoms with Gasteiger partial charge < -0.3 is 4.40 Å². The number of aryl methyl sites for hydroxylation is 2. The zero-order valence-corrected chi connectivity index (χ0v) is 16.6. The minimum Gasteiger partial charge on any atom is -0.308 e. The summed E-state index contributed by atoms with van der Waals surface area (Å²) in [6, 6.07) is 17.8. The topological polar surface area (TPSA) is 17.3 Å². The number of rotatable bonds is 0. The zero-order chi connectivity index (χ0) is 17.6. The van der Waals surface area contributed by atoms with Gasteiger partial charge in [-0.3, -0.25) is 4.98 Å². The molecule has 0 amide bonds. The van der Waals surface area contributed by atoms with Gasteiger partial charge in [0.05, 0.1) is 22.1 Å². The predicted octanol–water partition coefficient (Wildman–Crippen LogP) is 6.61. The monoisotopic (exact) mass is 446 g/mol. The fourth-order valence-electron chi connectivity index (χ4n) is 4.63. The van der Waals surface area contributed by atoms with Gasteiger partial charge in [-0.2, -0.15) is 0 Å². The molecule has 0 atom stereocenters. The Morgan fingerprint density at radius 1 is 0.846 bits per heavy atom. The smallest absolute Gasteiger partial charge is 0.0823 e. The summed E-state index contributed by atoms with van der Waals surface area (Å²) in [6.45, 7) is 4.38. The molecule has 0 bridgehead atoms. The Balaban J connectivity index is 2.15. The van der Waals surface area contributed by atoms with Crippen LogP contribution in [0.1, 0.15) is 11.1 Å². The van der Waals surface area contributed by atoms with Gasteiger partial charge in [0.15, 0.2) is 0 Å². The average molecular weight is 446 g/mol. The lowest BCUT2D eigenvalue weighted by Crippen LogP contribution is -1.97. The Hall–Kier alpha value is -2.40. The van der Waals surface area contributed by atoms with Gasteiger partial charge in [0.1, 0.15) is 0 Å². The Labute approximate surface area is 163 Å². The highest BCUT2D eigenvalue weighted by molar-refractivity contribution is 14.1. The average Bonchev–Trinajstić information content (AvgIpc) is 2.97. The molecule has 0 aliphatic carbocycles. The predicted molar refractivity (Wildman–Crippen MR) is 119 cm³/mol. The molecule has 0 N–H and O–H groups in total. The summed E-state index contributed by atoms with van der Waals surface area (Å²) in [5, 5.41) is 6.43. The fourth-order valence-corrected chi connectivity index (χ4v) is 5.21. The third kappa shape index (κ3) is 1.65. The van der Waals surface area contributed by atoms with E-state index in [1.807, 2.05) is 6.20 Å². The van der Waals surface area contributed by atoms with Gasteiger partial charge in [0.2, 0.25) is 0 Å². The fraction of sp³-hybridized carbons (Fsp3) is 0.0870. The van der Waals surface area contributed by atoms with E-state index < -0.39 is 0 Å². The van der Waals surface area contributed by atoms with E-state index in [1.54, 1.807) is 0 Å². The minimum absolute atomic E-state index is 1.11. The third-order valence-corrected chi connectivity index (χ3v) is 6.42. The molecule has 6 rings (SSSR count). The second-order valence-corrected chi connectivity index (χ2v) is 8.33. The molecular weight excluding hydrogens is 431 g/mol. The summed E-state index contributed by atoms with van der Waals surface area (Å²) < 4.78 is 3.66. The van der Waals surface area contributed by atoms with Gasteiger partial charge in [-0.1, -0.05) is 42.0 Å². The lowest BCUT2D eigenvalue weighted by atomic mass is 10.00. The van der Waals surface area contributed by atoms with E-state index in [9.17, 15) is 0 Å². The summed E-state index contributed by atoms with van der Waals surface area (Å²) in [5.41, 5.74) is 7.53. The second-order valence-electron chi connectivity index (χ2n) is 7.17. The molecule has 3 aromatic carbocycles. The first-order valence-corrected chi connectivity index (χ1v) is 9.85. The Morgan fingerprint density at radius 2 is 1.65 bits per heavy atom. The van der Waals surface area contributed by atoms with Crippen molar-refractivity contribution in [3.05, 3.63) is 69.4 Å². The summed E-state index contributed by atoms with van der Waals surface area (Å²) in [7, 11) is 0. The summed E-state index contributed by atoms with van der Waals surface area (Å²) >= 11 is 2.40. The second kappa shape index (κ2) is 4.86. The molecule has 0 aliphatic rings. The molecule has 0 radical (unpaired) electrons. The summed E-state index contributed by atoms with van der Waals surface area (Å²) in [5.74, 6) is 0. The van der Waals surface area contributed by atoms with Crippen LogP contribution in [0.5, 0.6) is 0 Å². The normalized spacial score (nSPS) is 12.4. The van der Waals surface area contributed by atoms with Gasteiger partial charge in [-0.05, 0) is 54.1 Å². The van der Waals surface area contributed by atoms with E-state index in [0.29, 0.717) is 0 Å². The maximum atomic E-state index is 4.89. The number of benzene rings is 3. The standard InChI is InChI=1S/C23H15IN2/c1-12-9-13(2)22-17(10-12)21-20-16(18(24)11-25-21)8-7-15-14-5-3-4-6-19(14)26(22)23(15)20/h3-11H,1-2H3. The van der Waals surface area contributed by atoms with Crippen LogP contribution in [0.3, 0.4) is 0 Å². The van der Waals surface area contributed by atoms with E-state index >= 15 is 0 Å². The van der Waals surface area contributed by atoms with Crippen LogP contribution in [0.2, 0.25) is 0 Å². The van der Waals surface area contributed by atoms with Crippen molar-refractivity contribution in [3.8, 4) is 0 Å². The number of halogens is 1. The molecule has 2 nitrogen and oxygen atoms in total. The molecule has 0 spiro atoms. The lowest BCUT2D eigenvalue weighted by molar-refractivity contribution is 1.29. The van der Waals surface area contributed by atoms with Crippen LogP contribution < -0.4 is 0 Å². The van der Waals surface area contributed by atoms with Gasteiger partial charge in [-0.15, -0.1) is 0 Å². The van der Waals surface area contributed by atoms with Crippen molar-refractivity contribution in [2.75, 3.05) is 0 Å². The number of fused-ring (bicyclic) bond motifs is 6. The molecule has 3 heteroatoms. The van der Waals surface area contributed by atoms with Gasteiger partial charge in [0.25, 0.3) is 0 Å². The molecule has 124 valence electrons. The first kappa shape index (κ1) is 14.7. The largest absolute Gasteiger partial charge is 0.308 e. The van der Waals surface area contributed by atoms with Crippen molar-refractivity contribution in [1.29, 1.82) is 0 Å². The van der Waals surface area contributed by atoms with E-state index in [1.165, 1.54) is 58.2 Å². The van der Waals surface area contributed by atoms with Crippen molar-refractivity contribution in [2.45, 2.75) is 13.8 Å². The molecule has 26 heavy (non-hydrogen) atoms. The lowest BCUT2D eigenvalue weighted by Gasteiger charge is -2.15. The van der Waals surface area contributed by atoms with Gasteiger partial charge in [0, 0.05) is 36.7 Å². The number of pyridine rings is 2. The number of hydrogen-bond acceptors (Lipinski definition) is 1. The van der Waals surface area contributed by atoms with Crippen LogP contribution in [-0.2, 0) is 0 Å². The molecule has 0 saturated heterocycles. The minimum atomic E-state index is 1.11. The first-order valence-electron chi connectivity index (χ1n) is 8.77. The highest BCUT2D eigenvalue weighted by Gasteiger charge is 2.20. The Morgan fingerprint density at radius 3 is 2.54 bits per heavy atom. The van der Waals surface area contributed by atoms with Crippen LogP contribution in [0.15, 0.2) is 54.7 Å². The molecule has 0 unspecified atom stereocenters. The van der Waals surface area contributed by atoms with Crippen molar-refractivity contribution < 1.29 is 0 Å². The number of aromatic nitrogens is 2. The molecule has 0 fully saturated rings. The van der Waals surface area contributed by atoms with Crippen molar-refractivity contribution in [3.63, 3.8) is 0 Å².